The van der Waals surface area contributed by atoms with E-state index in [4.69, 9.17) is 0 Å². The predicted octanol–water partition coefficient (Wildman–Crippen LogP) is 2.38. The van der Waals surface area contributed by atoms with Crippen molar-refractivity contribution in [3.8, 4) is 0 Å². The maximum Gasteiger partial charge on any atom is 0.407 e. The van der Waals surface area contributed by atoms with E-state index in [0.29, 0.717) is 6.54 Å². The van der Waals surface area contributed by atoms with Gasteiger partial charge in [0.05, 0.1) is 5.54 Å². The lowest BCUT2D eigenvalue weighted by molar-refractivity contribution is 0.0933. The van der Waals surface area contributed by atoms with E-state index in [1.165, 1.54) is 5.56 Å². The average molecular weight is 285 g/mol. The Hall–Kier alpha value is -1.26. The summed E-state index contributed by atoms with van der Waals surface area (Å²) in [6.45, 7) is 4.21. The van der Waals surface area contributed by atoms with Gasteiger partial charge in [-0.15, -0.1) is 12.4 Å². The number of hydrogen-bond acceptors (Lipinski definition) is 2. The zero-order valence-electron chi connectivity index (χ0n) is 11.1. The molecule has 5 heteroatoms. The molecule has 1 aliphatic heterocycles. The van der Waals surface area contributed by atoms with Crippen LogP contribution in [-0.2, 0) is 6.42 Å². The van der Waals surface area contributed by atoms with Gasteiger partial charge in [-0.05, 0) is 31.9 Å². The van der Waals surface area contributed by atoms with E-state index >= 15 is 0 Å². The second-order valence-electron chi connectivity index (χ2n) is 5.09. The van der Waals surface area contributed by atoms with E-state index < -0.39 is 6.09 Å². The topological polar surface area (TPSA) is 52.6 Å². The molecule has 1 aliphatic rings. The standard InChI is InChI=1S/C14H20N2O2.ClH/c1-14(8-9-15-11-14)16(13(17)18)10-7-12-5-3-2-4-6-12;/h2-6,15H,7-11H2,1H3,(H,17,18);1H. The van der Waals surface area contributed by atoms with Gasteiger partial charge in [0, 0.05) is 13.1 Å². The summed E-state index contributed by atoms with van der Waals surface area (Å²) in [4.78, 5) is 13.0. The van der Waals surface area contributed by atoms with Crippen molar-refractivity contribution in [2.45, 2.75) is 25.3 Å². The summed E-state index contributed by atoms with van der Waals surface area (Å²) in [7, 11) is 0. The van der Waals surface area contributed by atoms with Crippen LogP contribution in [0, 0.1) is 0 Å². The summed E-state index contributed by atoms with van der Waals surface area (Å²) in [6, 6.07) is 10.0. The van der Waals surface area contributed by atoms with Crippen LogP contribution in [0.25, 0.3) is 0 Å². The van der Waals surface area contributed by atoms with E-state index in [2.05, 4.69) is 5.32 Å². The molecule has 1 saturated heterocycles. The minimum atomic E-state index is -0.822. The van der Waals surface area contributed by atoms with Gasteiger partial charge in [0.15, 0.2) is 0 Å². The first kappa shape index (κ1) is 15.8. The Morgan fingerprint density at radius 3 is 2.63 bits per heavy atom. The molecule has 19 heavy (non-hydrogen) atoms. The Morgan fingerprint density at radius 2 is 2.11 bits per heavy atom. The van der Waals surface area contributed by atoms with Crippen molar-refractivity contribution in [3.63, 3.8) is 0 Å². The molecule has 1 amide bonds. The second-order valence-corrected chi connectivity index (χ2v) is 5.09. The highest BCUT2D eigenvalue weighted by Gasteiger charge is 2.37. The molecule has 0 aromatic heterocycles. The number of hydrogen-bond donors (Lipinski definition) is 2. The van der Waals surface area contributed by atoms with E-state index in [1.54, 1.807) is 4.90 Å². The molecule has 1 aromatic carbocycles. The Kier molecular flexibility index (Phi) is 5.63. The van der Waals surface area contributed by atoms with Gasteiger partial charge in [-0.3, -0.25) is 0 Å². The van der Waals surface area contributed by atoms with E-state index in [1.807, 2.05) is 37.3 Å². The van der Waals surface area contributed by atoms with Crippen LogP contribution in [0.15, 0.2) is 30.3 Å². The second kappa shape index (κ2) is 6.78. The molecular formula is C14H21ClN2O2. The van der Waals surface area contributed by atoms with Gasteiger partial charge >= 0.3 is 6.09 Å². The SMILES string of the molecule is CC1(N(CCc2ccccc2)C(=O)O)CCNC1.Cl. The maximum absolute atomic E-state index is 11.4. The number of benzene rings is 1. The lowest BCUT2D eigenvalue weighted by Crippen LogP contribution is -2.51. The number of amides is 1. The zero-order chi connectivity index (χ0) is 13.0. The number of rotatable bonds is 4. The Labute approximate surface area is 120 Å². The third-order valence-corrected chi connectivity index (χ3v) is 3.70. The fourth-order valence-electron chi connectivity index (χ4n) is 2.52. The van der Waals surface area contributed by atoms with Gasteiger partial charge in [0.2, 0.25) is 0 Å². The van der Waals surface area contributed by atoms with Crippen LogP contribution in [0.2, 0.25) is 0 Å². The molecular weight excluding hydrogens is 264 g/mol. The average Bonchev–Trinajstić information content (AvgIpc) is 2.78. The van der Waals surface area contributed by atoms with Crippen molar-refractivity contribution in [2.75, 3.05) is 19.6 Å². The zero-order valence-corrected chi connectivity index (χ0v) is 11.9. The minimum absolute atomic E-state index is 0. The number of halogens is 1. The molecule has 0 spiro atoms. The van der Waals surface area contributed by atoms with Crippen LogP contribution in [-0.4, -0.2) is 41.3 Å². The fraction of sp³-hybridized carbons (Fsp3) is 0.500. The highest BCUT2D eigenvalue weighted by molar-refractivity contribution is 5.85. The van der Waals surface area contributed by atoms with E-state index in [9.17, 15) is 9.90 Å². The molecule has 2 N–H and O–H groups in total. The molecule has 0 saturated carbocycles. The summed E-state index contributed by atoms with van der Waals surface area (Å²) < 4.78 is 0. The van der Waals surface area contributed by atoms with Gasteiger partial charge in [0.25, 0.3) is 0 Å². The van der Waals surface area contributed by atoms with Crippen molar-refractivity contribution >= 4 is 18.5 Å². The van der Waals surface area contributed by atoms with Crippen molar-refractivity contribution < 1.29 is 9.90 Å². The summed E-state index contributed by atoms with van der Waals surface area (Å²) in [6.07, 6.45) is 0.828. The third kappa shape index (κ3) is 3.85. The molecule has 1 unspecified atom stereocenters. The van der Waals surface area contributed by atoms with Crippen LogP contribution < -0.4 is 5.32 Å². The molecule has 1 aromatic rings. The number of carbonyl (C=O) groups is 1. The predicted molar refractivity (Wildman–Crippen MR) is 78.0 cm³/mol. The highest BCUT2D eigenvalue weighted by atomic mass is 35.5. The molecule has 2 rings (SSSR count). The number of carboxylic acid groups (broad SMARTS) is 1. The third-order valence-electron chi connectivity index (χ3n) is 3.70. The monoisotopic (exact) mass is 284 g/mol. The van der Waals surface area contributed by atoms with Crippen LogP contribution in [0.1, 0.15) is 18.9 Å². The lowest BCUT2D eigenvalue weighted by Gasteiger charge is -2.35. The van der Waals surface area contributed by atoms with E-state index in [-0.39, 0.29) is 17.9 Å². The van der Waals surface area contributed by atoms with E-state index in [0.717, 1.165) is 25.9 Å². The number of nitrogens with zero attached hydrogens (tertiary/aromatic N) is 1. The molecule has 0 radical (unpaired) electrons. The normalized spacial score (nSPS) is 21.7. The molecule has 1 atom stereocenters. The summed E-state index contributed by atoms with van der Waals surface area (Å²) >= 11 is 0. The van der Waals surface area contributed by atoms with Gasteiger partial charge < -0.3 is 15.3 Å². The van der Waals surface area contributed by atoms with Crippen LogP contribution in [0.5, 0.6) is 0 Å². The highest BCUT2D eigenvalue weighted by Crippen LogP contribution is 2.23. The lowest BCUT2D eigenvalue weighted by atomic mass is 9.98. The maximum atomic E-state index is 11.4. The molecule has 0 aliphatic carbocycles. The molecule has 1 fully saturated rings. The first-order chi connectivity index (χ1) is 8.62. The molecule has 4 nitrogen and oxygen atoms in total. The van der Waals surface area contributed by atoms with Crippen LogP contribution in [0.3, 0.4) is 0 Å². The summed E-state index contributed by atoms with van der Waals surface area (Å²) in [5.41, 5.74) is 0.916. The largest absolute Gasteiger partial charge is 0.465 e. The smallest absolute Gasteiger partial charge is 0.407 e. The van der Waals surface area contributed by atoms with Gasteiger partial charge in [-0.2, -0.15) is 0 Å². The Morgan fingerprint density at radius 1 is 1.42 bits per heavy atom. The quantitative estimate of drug-likeness (QED) is 0.893. The van der Waals surface area contributed by atoms with Gasteiger partial charge in [-0.25, -0.2) is 4.79 Å². The van der Waals surface area contributed by atoms with Crippen molar-refractivity contribution in [2.24, 2.45) is 0 Å². The number of nitrogens with one attached hydrogen (secondary N) is 1. The summed E-state index contributed by atoms with van der Waals surface area (Å²) in [5.74, 6) is 0. The van der Waals surface area contributed by atoms with Gasteiger partial charge in [-0.1, -0.05) is 30.3 Å². The molecule has 1 heterocycles. The Balaban J connectivity index is 0.00000180. The van der Waals surface area contributed by atoms with Crippen LogP contribution >= 0.6 is 12.4 Å². The van der Waals surface area contributed by atoms with Crippen molar-refractivity contribution in [1.29, 1.82) is 0 Å². The minimum Gasteiger partial charge on any atom is -0.465 e. The van der Waals surface area contributed by atoms with Crippen molar-refractivity contribution in [3.05, 3.63) is 35.9 Å². The molecule has 0 bridgehead atoms. The van der Waals surface area contributed by atoms with Gasteiger partial charge in [0.1, 0.15) is 0 Å². The first-order valence-corrected chi connectivity index (χ1v) is 6.37. The summed E-state index contributed by atoms with van der Waals surface area (Å²) in [5, 5.41) is 12.6. The first-order valence-electron chi connectivity index (χ1n) is 6.37. The van der Waals surface area contributed by atoms with Crippen molar-refractivity contribution in [1.82, 2.24) is 10.2 Å². The Bertz CT molecular complexity index is 405. The molecule has 106 valence electrons. The van der Waals surface area contributed by atoms with Crippen LogP contribution in [0.4, 0.5) is 4.79 Å². The fourth-order valence-corrected chi connectivity index (χ4v) is 2.52.